The van der Waals surface area contributed by atoms with Crippen LogP contribution in [0.1, 0.15) is 27.2 Å². The number of anilines is 2. The van der Waals surface area contributed by atoms with Crippen LogP contribution in [0.25, 0.3) is 11.0 Å². The molecule has 9 heteroatoms. The molecule has 0 saturated heterocycles. The zero-order valence-electron chi connectivity index (χ0n) is 16.9. The Morgan fingerprint density at radius 2 is 1.97 bits per heavy atom. The van der Waals surface area contributed by atoms with Gasteiger partial charge in [0.1, 0.15) is 5.82 Å². The van der Waals surface area contributed by atoms with E-state index in [0.717, 1.165) is 16.9 Å². The summed E-state index contributed by atoms with van der Waals surface area (Å²) in [5.41, 5.74) is 3.74. The van der Waals surface area contributed by atoms with Crippen LogP contribution >= 0.6 is 0 Å². The molecule has 152 valence electrons. The molecule has 4 aromatic rings. The summed E-state index contributed by atoms with van der Waals surface area (Å²) in [4.78, 5) is 36.6. The number of aromatic amines is 1. The van der Waals surface area contributed by atoms with Crippen molar-refractivity contribution in [2.24, 2.45) is 7.05 Å². The molecule has 0 aromatic carbocycles. The standard InChI is InChI=1S/C21H21N7O2/c1-12-8-13(2)25-21(30)16(12)10-23-20(29)15-9-18(26-14-4-6-22-7-5-14)27-19-17(15)11-24-28(19)3/h4-9,11H,10H2,1-3H3,(H,23,29)(H,25,30)(H,22,26,27). The second kappa shape index (κ2) is 7.78. The Morgan fingerprint density at radius 3 is 2.70 bits per heavy atom. The second-order valence-corrected chi connectivity index (χ2v) is 7.05. The van der Waals surface area contributed by atoms with Gasteiger partial charge in [-0.25, -0.2) is 4.98 Å². The van der Waals surface area contributed by atoms with E-state index in [1.165, 1.54) is 0 Å². The molecule has 0 aliphatic heterocycles. The fraction of sp³-hybridized carbons (Fsp3) is 0.190. The molecule has 30 heavy (non-hydrogen) atoms. The SMILES string of the molecule is Cc1cc(C)c(CNC(=O)c2cc(Nc3ccncc3)nc3c2cnn3C)c(=O)[nH]1. The number of hydrogen-bond acceptors (Lipinski definition) is 6. The quantitative estimate of drug-likeness (QED) is 0.471. The highest BCUT2D eigenvalue weighted by Gasteiger charge is 2.17. The van der Waals surface area contributed by atoms with E-state index in [0.29, 0.717) is 28.0 Å². The summed E-state index contributed by atoms with van der Waals surface area (Å²) in [6, 6.07) is 7.17. The highest BCUT2D eigenvalue weighted by atomic mass is 16.1. The van der Waals surface area contributed by atoms with Gasteiger partial charge in [0.25, 0.3) is 11.5 Å². The van der Waals surface area contributed by atoms with E-state index in [1.807, 2.05) is 19.9 Å². The third-order valence-corrected chi connectivity index (χ3v) is 4.82. The van der Waals surface area contributed by atoms with Crippen LogP contribution in [0.2, 0.25) is 0 Å². The molecule has 0 bridgehead atoms. The van der Waals surface area contributed by atoms with Crippen LogP contribution < -0.4 is 16.2 Å². The first kappa shape index (κ1) is 19.3. The molecule has 0 unspecified atom stereocenters. The van der Waals surface area contributed by atoms with Gasteiger partial charge in [-0.15, -0.1) is 0 Å². The highest BCUT2D eigenvalue weighted by molar-refractivity contribution is 6.06. The molecule has 0 aliphatic rings. The Bertz CT molecular complexity index is 1290. The minimum Gasteiger partial charge on any atom is -0.348 e. The lowest BCUT2D eigenvalue weighted by Gasteiger charge is -2.11. The van der Waals surface area contributed by atoms with Gasteiger partial charge in [-0.3, -0.25) is 19.3 Å². The van der Waals surface area contributed by atoms with Gasteiger partial charge in [-0.2, -0.15) is 5.10 Å². The molecule has 0 saturated carbocycles. The number of carbonyl (C=O) groups excluding carboxylic acids is 1. The molecule has 0 atom stereocenters. The number of amides is 1. The molecule has 9 nitrogen and oxygen atoms in total. The Balaban J connectivity index is 1.65. The lowest BCUT2D eigenvalue weighted by atomic mass is 10.1. The summed E-state index contributed by atoms with van der Waals surface area (Å²) < 4.78 is 1.61. The second-order valence-electron chi connectivity index (χ2n) is 7.05. The topological polar surface area (TPSA) is 118 Å². The van der Waals surface area contributed by atoms with E-state index in [9.17, 15) is 9.59 Å². The number of nitrogens with zero attached hydrogens (tertiary/aromatic N) is 4. The number of carbonyl (C=O) groups is 1. The van der Waals surface area contributed by atoms with Crippen LogP contribution in [0.5, 0.6) is 0 Å². The number of pyridine rings is 3. The number of hydrogen-bond donors (Lipinski definition) is 3. The molecule has 0 fully saturated rings. The maximum Gasteiger partial charge on any atom is 0.253 e. The van der Waals surface area contributed by atoms with Crippen molar-refractivity contribution in [3.63, 3.8) is 0 Å². The monoisotopic (exact) mass is 403 g/mol. The van der Waals surface area contributed by atoms with Crippen molar-refractivity contribution >= 4 is 28.4 Å². The zero-order chi connectivity index (χ0) is 21.3. The maximum atomic E-state index is 13.0. The number of aromatic nitrogens is 5. The van der Waals surface area contributed by atoms with E-state index in [-0.39, 0.29) is 18.0 Å². The van der Waals surface area contributed by atoms with Crippen LogP contribution in [0.4, 0.5) is 11.5 Å². The predicted octanol–water partition coefficient (Wildman–Crippen LogP) is 2.34. The minimum absolute atomic E-state index is 0.122. The normalized spacial score (nSPS) is 10.9. The zero-order valence-corrected chi connectivity index (χ0v) is 16.9. The fourth-order valence-corrected chi connectivity index (χ4v) is 3.31. The highest BCUT2D eigenvalue weighted by Crippen LogP contribution is 2.23. The van der Waals surface area contributed by atoms with Gasteiger partial charge in [0, 0.05) is 42.9 Å². The number of fused-ring (bicyclic) bond motifs is 1. The van der Waals surface area contributed by atoms with Gasteiger partial charge in [0.05, 0.1) is 17.1 Å². The molecule has 4 aromatic heterocycles. The number of nitrogens with one attached hydrogen (secondary N) is 3. The van der Waals surface area contributed by atoms with Gasteiger partial charge < -0.3 is 15.6 Å². The van der Waals surface area contributed by atoms with Crippen molar-refractivity contribution in [1.29, 1.82) is 0 Å². The molecule has 0 aliphatic carbocycles. The first-order chi connectivity index (χ1) is 14.4. The van der Waals surface area contributed by atoms with Gasteiger partial charge in [-0.1, -0.05) is 0 Å². The molecule has 3 N–H and O–H groups in total. The van der Waals surface area contributed by atoms with Crippen molar-refractivity contribution in [3.8, 4) is 0 Å². The summed E-state index contributed by atoms with van der Waals surface area (Å²) >= 11 is 0. The Labute approximate surface area is 172 Å². The Hall–Kier alpha value is -4.01. The van der Waals surface area contributed by atoms with Crippen molar-refractivity contribution < 1.29 is 4.79 Å². The molecule has 0 radical (unpaired) electrons. The van der Waals surface area contributed by atoms with Crippen LogP contribution in [0, 0.1) is 13.8 Å². The fourth-order valence-electron chi connectivity index (χ4n) is 3.31. The van der Waals surface area contributed by atoms with Crippen molar-refractivity contribution in [2.45, 2.75) is 20.4 Å². The van der Waals surface area contributed by atoms with E-state index < -0.39 is 0 Å². The average molecular weight is 403 g/mol. The summed E-state index contributed by atoms with van der Waals surface area (Å²) in [5, 5.41) is 10.9. The molecule has 4 rings (SSSR count). The predicted molar refractivity (Wildman–Crippen MR) is 114 cm³/mol. The van der Waals surface area contributed by atoms with Gasteiger partial charge >= 0.3 is 0 Å². The lowest BCUT2D eigenvalue weighted by molar-refractivity contribution is 0.0952. The average Bonchev–Trinajstić information content (AvgIpc) is 3.08. The number of aryl methyl sites for hydroxylation is 3. The third-order valence-electron chi connectivity index (χ3n) is 4.82. The molecular formula is C21H21N7O2. The van der Waals surface area contributed by atoms with Crippen LogP contribution in [0.15, 0.2) is 47.7 Å². The van der Waals surface area contributed by atoms with E-state index in [1.54, 1.807) is 48.5 Å². The smallest absolute Gasteiger partial charge is 0.253 e. The van der Waals surface area contributed by atoms with Crippen molar-refractivity contribution in [1.82, 2.24) is 30.0 Å². The van der Waals surface area contributed by atoms with E-state index in [4.69, 9.17) is 0 Å². The molecular weight excluding hydrogens is 382 g/mol. The van der Waals surface area contributed by atoms with Gasteiger partial charge in [0.15, 0.2) is 5.65 Å². The summed E-state index contributed by atoms with van der Waals surface area (Å²) in [7, 11) is 1.77. The Morgan fingerprint density at radius 1 is 1.20 bits per heavy atom. The van der Waals surface area contributed by atoms with Crippen LogP contribution in [-0.2, 0) is 13.6 Å². The van der Waals surface area contributed by atoms with Crippen LogP contribution in [0.3, 0.4) is 0 Å². The summed E-state index contributed by atoms with van der Waals surface area (Å²) in [5.74, 6) is 0.194. The molecule has 4 heterocycles. The van der Waals surface area contributed by atoms with Gasteiger partial charge in [0.2, 0.25) is 0 Å². The van der Waals surface area contributed by atoms with Crippen molar-refractivity contribution in [2.75, 3.05) is 5.32 Å². The third kappa shape index (κ3) is 3.77. The number of H-pyrrole nitrogens is 1. The summed E-state index contributed by atoms with van der Waals surface area (Å²) in [6.07, 6.45) is 4.94. The van der Waals surface area contributed by atoms with Crippen LogP contribution in [-0.4, -0.2) is 30.6 Å². The largest absolute Gasteiger partial charge is 0.348 e. The number of rotatable bonds is 5. The lowest BCUT2D eigenvalue weighted by Crippen LogP contribution is -2.28. The first-order valence-corrected chi connectivity index (χ1v) is 9.40. The first-order valence-electron chi connectivity index (χ1n) is 9.40. The Kier molecular flexibility index (Phi) is 5.01. The molecule has 0 spiro atoms. The minimum atomic E-state index is -0.312. The van der Waals surface area contributed by atoms with Gasteiger partial charge in [-0.05, 0) is 43.7 Å². The molecule has 1 amide bonds. The van der Waals surface area contributed by atoms with E-state index in [2.05, 4.69) is 30.7 Å². The maximum absolute atomic E-state index is 13.0. The summed E-state index contributed by atoms with van der Waals surface area (Å²) in [6.45, 7) is 3.80. The van der Waals surface area contributed by atoms with E-state index >= 15 is 0 Å². The van der Waals surface area contributed by atoms with Crippen molar-refractivity contribution in [3.05, 3.63) is 75.6 Å².